The van der Waals surface area contributed by atoms with Gasteiger partial charge in [-0.25, -0.2) is 0 Å². The van der Waals surface area contributed by atoms with Crippen LogP contribution in [0.4, 0.5) is 0 Å². The second-order valence-electron chi connectivity index (χ2n) is 7.55. The standard InChI is InChI=1S/C21H35NO6.ClH/c1-14(20(24)15-8-6-5-7-9-15)22-12-16(23)13-28-17-10-18(25-2)21(27-4)19(11-17)26-3;/h10-11,14-16,20,22-24H,5-9,12-13H2,1-4H3;1H. The molecule has 0 aliphatic heterocycles. The highest BCUT2D eigenvalue weighted by Crippen LogP contribution is 2.40. The zero-order chi connectivity index (χ0) is 20.5. The van der Waals surface area contributed by atoms with Crippen LogP contribution in [0, 0.1) is 5.92 Å². The Morgan fingerprint density at radius 1 is 1.00 bits per heavy atom. The van der Waals surface area contributed by atoms with Crippen molar-refractivity contribution < 1.29 is 46.9 Å². The Morgan fingerprint density at radius 3 is 2.10 bits per heavy atom. The number of aliphatic hydroxyl groups excluding tert-OH is 2. The van der Waals surface area contributed by atoms with Crippen LogP contribution in [0.25, 0.3) is 0 Å². The van der Waals surface area contributed by atoms with Crippen LogP contribution < -0.4 is 36.7 Å². The lowest BCUT2D eigenvalue weighted by Crippen LogP contribution is -3.00. The zero-order valence-electron chi connectivity index (χ0n) is 17.9. The predicted octanol–water partition coefficient (Wildman–Crippen LogP) is -1.65. The van der Waals surface area contributed by atoms with Gasteiger partial charge in [-0.15, -0.1) is 0 Å². The SMILES string of the molecule is COc1cc(OCC(O)C[NH2+]C(C)C(O)C2CCCCC2)cc(OC)c1OC.[Cl-]. The minimum Gasteiger partial charge on any atom is -1.00 e. The van der Waals surface area contributed by atoms with Gasteiger partial charge in [-0.1, -0.05) is 19.3 Å². The lowest BCUT2D eigenvalue weighted by atomic mass is 9.83. The molecule has 0 saturated heterocycles. The Labute approximate surface area is 180 Å². The first kappa shape index (κ1) is 25.6. The van der Waals surface area contributed by atoms with Crippen LogP contribution in [0.3, 0.4) is 0 Å². The Balaban J connectivity index is 0.00000420. The van der Waals surface area contributed by atoms with Crippen LogP contribution in [0.1, 0.15) is 39.0 Å². The summed E-state index contributed by atoms with van der Waals surface area (Å²) in [4.78, 5) is 0. The van der Waals surface area contributed by atoms with Gasteiger partial charge in [-0.2, -0.15) is 0 Å². The summed E-state index contributed by atoms with van der Waals surface area (Å²) < 4.78 is 21.6. The van der Waals surface area contributed by atoms with E-state index in [2.05, 4.69) is 0 Å². The van der Waals surface area contributed by atoms with E-state index in [1.165, 1.54) is 19.3 Å². The normalized spacial score (nSPS) is 17.6. The van der Waals surface area contributed by atoms with Gasteiger partial charge in [0, 0.05) is 12.1 Å². The van der Waals surface area contributed by atoms with Gasteiger partial charge < -0.3 is 46.9 Å². The minimum absolute atomic E-state index is 0. The summed E-state index contributed by atoms with van der Waals surface area (Å²) >= 11 is 0. The number of halogens is 1. The summed E-state index contributed by atoms with van der Waals surface area (Å²) in [5, 5.41) is 22.8. The van der Waals surface area contributed by atoms with Crippen molar-refractivity contribution in [3.63, 3.8) is 0 Å². The van der Waals surface area contributed by atoms with Crippen LogP contribution in [-0.2, 0) is 0 Å². The summed E-state index contributed by atoms with van der Waals surface area (Å²) in [6.07, 6.45) is 4.92. The van der Waals surface area contributed by atoms with Gasteiger partial charge in [0.05, 0.1) is 21.3 Å². The Morgan fingerprint density at radius 2 is 1.59 bits per heavy atom. The highest BCUT2D eigenvalue weighted by Gasteiger charge is 2.28. The van der Waals surface area contributed by atoms with E-state index in [-0.39, 0.29) is 31.2 Å². The van der Waals surface area contributed by atoms with Crippen molar-refractivity contribution in [2.24, 2.45) is 5.92 Å². The fraction of sp³-hybridized carbons (Fsp3) is 0.714. The highest BCUT2D eigenvalue weighted by atomic mass is 35.5. The average molecular weight is 434 g/mol. The number of ether oxygens (including phenoxy) is 4. The van der Waals surface area contributed by atoms with Crippen molar-refractivity contribution in [2.75, 3.05) is 34.5 Å². The summed E-state index contributed by atoms with van der Waals surface area (Å²) in [6.45, 7) is 2.63. The van der Waals surface area contributed by atoms with Crippen LogP contribution in [-0.4, -0.2) is 62.9 Å². The molecule has 1 aliphatic carbocycles. The van der Waals surface area contributed by atoms with Gasteiger partial charge in [0.25, 0.3) is 0 Å². The molecule has 0 radical (unpaired) electrons. The van der Waals surface area contributed by atoms with E-state index in [1.54, 1.807) is 33.5 Å². The van der Waals surface area contributed by atoms with Crippen molar-refractivity contribution in [3.05, 3.63) is 12.1 Å². The molecular weight excluding hydrogens is 398 g/mol. The molecule has 1 saturated carbocycles. The molecule has 1 aromatic carbocycles. The largest absolute Gasteiger partial charge is 1.00 e. The van der Waals surface area contributed by atoms with E-state index >= 15 is 0 Å². The van der Waals surface area contributed by atoms with E-state index in [0.29, 0.717) is 35.5 Å². The molecule has 3 atom stereocenters. The summed E-state index contributed by atoms with van der Waals surface area (Å²) in [5.41, 5.74) is 0. The molecule has 29 heavy (non-hydrogen) atoms. The Bertz CT molecular complexity index is 572. The lowest BCUT2D eigenvalue weighted by molar-refractivity contribution is -0.699. The summed E-state index contributed by atoms with van der Waals surface area (Å²) in [6, 6.07) is 3.46. The molecular formula is C21H36ClNO6. The van der Waals surface area contributed by atoms with Crippen molar-refractivity contribution >= 4 is 0 Å². The second kappa shape index (κ2) is 13.0. The third-order valence-corrected chi connectivity index (χ3v) is 5.53. The van der Waals surface area contributed by atoms with Crippen molar-refractivity contribution in [2.45, 2.75) is 57.3 Å². The molecule has 4 N–H and O–H groups in total. The molecule has 7 nitrogen and oxygen atoms in total. The fourth-order valence-corrected chi connectivity index (χ4v) is 3.82. The predicted molar refractivity (Wildman–Crippen MR) is 106 cm³/mol. The molecule has 0 aromatic heterocycles. The summed E-state index contributed by atoms with van der Waals surface area (Å²) in [7, 11) is 4.64. The zero-order valence-corrected chi connectivity index (χ0v) is 18.7. The molecule has 0 spiro atoms. The van der Waals surface area contributed by atoms with Crippen LogP contribution in [0.2, 0.25) is 0 Å². The van der Waals surface area contributed by atoms with Crippen LogP contribution in [0.15, 0.2) is 12.1 Å². The van der Waals surface area contributed by atoms with Gasteiger partial charge in [-0.05, 0) is 25.7 Å². The van der Waals surface area contributed by atoms with Crippen molar-refractivity contribution in [3.8, 4) is 23.0 Å². The van der Waals surface area contributed by atoms with Gasteiger partial charge in [0.1, 0.15) is 37.2 Å². The highest BCUT2D eigenvalue weighted by molar-refractivity contribution is 5.55. The Hall–Kier alpha value is -1.41. The molecule has 8 heteroatoms. The van der Waals surface area contributed by atoms with E-state index in [9.17, 15) is 10.2 Å². The first-order valence-electron chi connectivity index (χ1n) is 10.1. The van der Waals surface area contributed by atoms with Gasteiger partial charge in [-0.3, -0.25) is 0 Å². The van der Waals surface area contributed by atoms with Crippen molar-refractivity contribution in [1.29, 1.82) is 0 Å². The lowest BCUT2D eigenvalue weighted by Gasteiger charge is -2.29. The molecule has 0 heterocycles. The molecule has 168 valence electrons. The first-order chi connectivity index (χ1) is 13.5. The van der Waals surface area contributed by atoms with E-state index in [0.717, 1.165) is 12.8 Å². The number of rotatable bonds is 11. The Kier molecular flexibility index (Phi) is 11.5. The first-order valence-corrected chi connectivity index (χ1v) is 10.1. The number of methoxy groups -OCH3 is 3. The second-order valence-corrected chi connectivity index (χ2v) is 7.55. The number of benzene rings is 1. The van der Waals surface area contributed by atoms with Gasteiger partial charge in [0.2, 0.25) is 5.75 Å². The van der Waals surface area contributed by atoms with Gasteiger partial charge in [0.15, 0.2) is 11.5 Å². The number of aliphatic hydroxyl groups is 2. The van der Waals surface area contributed by atoms with Crippen LogP contribution in [0.5, 0.6) is 23.0 Å². The number of nitrogens with two attached hydrogens (primary N) is 1. The fourth-order valence-electron chi connectivity index (χ4n) is 3.82. The smallest absolute Gasteiger partial charge is 0.203 e. The molecule has 1 aliphatic rings. The van der Waals surface area contributed by atoms with Gasteiger partial charge >= 0.3 is 0 Å². The third-order valence-electron chi connectivity index (χ3n) is 5.53. The molecule has 3 unspecified atom stereocenters. The van der Waals surface area contributed by atoms with E-state index in [4.69, 9.17) is 18.9 Å². The number of hydrogen-bond acceptors (Lipinski definition) is 6. The number of quaternary nitrogens is 1. The molecule has 0 bridgehead atoms. The van der Waals surface area contributed by atoms with E-state index < -0.39 is 6.10 Å². The average Bonchev–Trinajstić information content (AvgIpc) is 2.74. The van der Waals surface area contributed by atoms with Crippen LogP contribution >= 0.6 is 0 Å². The number of hydrogen-bond donors (Lipinski definition) is 3. The quantitative estimate of drug-likeness (QED) is 0.387. The van der Waals surface area contributed by atoms with E-state index in [1.807, 2.05) is 12.2 Å². The maximum Gasteiger partial charge on any atom is 0.203 e. The maximum atomic E-state index is 10.5. The molecule has 0 amide bonds. The summed E-state index contributed by atoms with van der Waals surface area (Å²) in [5.74, 6) is 2.41. The topological polar surface area (TPSA) is 94.0 Å². The third kappa shape index (κ3) is 7.41. The van der Waals surface area contributed by atoms with Crippen molar-refractivity contribution in [1.82, 2.24) is 0 Å². The minimum atomic E-state index is -0.653. The molecule has 1 fully saturated rings. The maximum absolute atomic E-state index is 10.5. The molecule has 1 aromatic rings. The molecule has 2 rings (SSSR count). The monoisotopic (exact) mass is 433 g/mol.